The first-order valence-electron chi connectivity index (χ1n) is 4.22. The quantitative estimate of drug-likeness (QED) is 0.507. The van der Waals surface area contributed by atoms with Crippen LogP contribution in [0.25, 0.3) is 0 Å². The van der Waals surface area contributed by atoms with Gasteiger partial charge < -0.3 is 0 Å². The minimum absolute atomic E-state index is 0.968. The van der Waals surface area contributed by atoms with E-state index in [0.29, 0.717) is 0 Å². The van der Waals surface area contributed by atoms with Crippen LogP contribution in [0, 0.1) is 0 Å². The summed E-state index contributed by atoms with van der Waals surface area (Å²) in [6.07, 6.45) is 8.96. The van der Waals surface area contributed by atoms with Gasteiger partial charge in [-0.3, -0.25) is 0 Å². The van der Waals surface area contributed by atoms with E-state index in [-0.39, 0.29) is 0 Å². The lowest BCUT2D eigenvalue weighted by molar-refractivity contribution is 1.55. The average Bonchev–Trinajstić information content (AvgIpc) is 2.66. The van der Waals surface area contributed by atoms with E-state index in [4.69, 9.17) is 0 Å². The molecule has 1 heteroatoms. The predicted octanol–water partition coefficient (Wildman–Crippen LogP) is 3.82. The molecule has 0 heterocycles. The van der Waals surface area contributed by atoms with Crippen molar-refractivity contribution in [2.75, 3.05) is 0 Å². The van der Waals surface area contributed by atoms with Crippen molar-refractivity contribution in [2.45, 2.75) is 13.3 Å². The molecule has 0 saturated heterocycles. The summed E-state index contributed by atoms with van der Waals surface area (Å²) in [5.74, 6) is 0. The van der Waals surface area contributed by atoms with Crippen LogP contribution in [-0.2, 0) is 0 Å². The van der Waals surface area contributed by atoms with Gasteiger partial charge in [0.05, 0.1) is 0 Å². The number of hydrogen-bond donors (Lipinski definition) is 1. The van der Waals surface area contributed by atoms with Crippen molar-refractivity contribution in [3.8, 4) is 0 Å². The smallest absolute Gasteiger partial charge is 0.00453 e. The molecule has 0 aromatic carbocycles. The van der Waals surface area contributed by atoms with Crippen molar-refractivity contribution in [3.63, 3.8) is 0 Å². The zero-order chi connectivity index (χ0) is 9.84. The van der Waals surface area contributed by atoms with Gasteiger partial charge in [0.15, 0.2) is 0 Å². The standard InChI is InChI=1S/C12H14S/c1-4-5-10-7-11(10)8-12(13)6-9(2)3/h4-6,8,13H,1-2,7H2,3H3/b10-5+,11-8+,12-6+. The molecule has 1 saturated carbocycles. The summed E-state index contributed by atoms with van der Waals surface area (Å²) in [7, 11) is 0. The molecule has 0 aliphatic heterocycles. The zero-order valence-electron chi connectivity index (χ0n) is 7.88. The molecular formula is C12H14S. The van der Waals surface area contributed by atoms with Gasteiger partial charge in [-0.05, 0) is 36.6 Å². The van der Waals surface area contributed by atoms with Crippen LogP contribution in [0.4, 0.5) is 0 Å². The van der Waals surface area contributed by atoms with E-state index in [1.807, 2.05) is 25.2 Å². The Hall–Kier alpha value is -0.950. The number of hydrogen-bond acceptors (Lipinski definition) is 1. The van der Waals surface area contributed by atoms with Crippen LogP contribution in [0.3, 0.4) is 0 Å². The molecule has 0 unspecified atom stereocenters. The van der Waals surface area contributed by atoms with Gasteiger partial charge in [-0.15, -0.1) is 12.6 Å². The molecule has 1 rings (SSSR count). The first-order valence-corrected chi connectivity index (χ1v) is 4.67. The third kappa shape index (κ3) is 3.51. The Morgan fingerprint density at radius 2 is 2.15 bits per heavy atom. The highest BCUT2D eigenvalue weighted by molar-refractivity contribution is 7.84. The van der Waals surface area contributed by atoms with Crippen LogP contribution in [0.1, 0.15) is 13.3 Å². The van der Waals surface area contributed by atoms with Gasteiger partial charge in [0.25, 0.3) is 0 Å². The molecule has 0 amide bonds. The van der Waals surface area contributed by atoms with Gasteiger partial charge in [0, 0.05) is 4.91 Å². The van der Waals surface area contributed by atoms with Gasteiger partial charge in [-0.25, -0.2) is 0 Å². The van der Waals surface area contributed by atoms with E-state index in [9.17, 15) is 0 Å². The van der Waals surface area contributed by atoms with Crippen molar-refractivity contribution in [2.24, 2.45) is 0 Å². The molecule has 0 atom stereocenters. The summed E-state index contributed by atoms with van der Waals surface area (Å²) in [6.45, 7) is 9.40. The summed E-state index contributed by atoms with van der Waals surface area (Å²) in [6, 6.07) is 0. The molecule has 0 nitrogen and oxygen atoms in total. The monoisotopic (exact) mass is 190 g/mol. The summed E-state index contributed by atoms with van der Waals surface area (Å²) < 4.78 is 0. The molecule has 0 aromatic rings. The highest BCUT2D eigenvalue weighted by atomic mass is 32.1. The molecule has 0 radical (unpaired) electrons. The maximum atomic E-state index is 4.33. The molecule has 0 spiro atoms. The van der Waals surface area contributed by atoms with Crippen LogP contribution in [0.15, 0.2) is 59.1 Å². The summed E-state index contributed by atoms with van der Waals surface area (Å²) >= 11 is 4.33. The maximum absolute atomic E-state index is 4.33. The SMILES string of the molecule is C=C\C=C1/C/C1=C\C(S)=C/C(=C)C. The highest BCUT2D eigenvalue weighted by Crippen LogP contribution is 2.37. The molecule has 1 fully saturated rings. The van der Waals surface area contributed by atoms with E-state index in [1.165, 1.54) is 11.1 Å². The first-order chi connectivity index (χ1) is 6.13. The lowest BCUT2D eigenvalue weighted by atomic mass is 10.3. The topological polar surface area (TPSA) is 0 Å². The van der Waals surface area contributed by atoms with Crippen molar-refractivity contribution >= 4 is 12.6 Å². The molecular weight excluding hydrogens is 176 g/mol. The Bertz CT molecular complexity index is 327. The number of allylic oxidation sites excluding steroid dienone is 7. The second-order valence-corrected chi connectivity index (χ2v) is 3.71. The Morgan fingerprint density at radius 1 is 1.46 bits per heavy atom. The zero-order valence-corrected chi connectivity index (χ0v) is 8.77. The molecule has 0 aromatic heterocycles. The van der Waals surface area contributed by atoms with Crippen LogP contribution >= 0.6 is 12.6 Å². The second-order valence-electron chi connectivity index (χ2n) is 3.19. The van der Waals surface area contributed by atoms with E-state index in [2.05, 4.69) is 31.9 Å². The van der Waals surface area contributed by atoms with Gasteiger partial charge >= 0.3 is 0 Å². The minimum Gasteiger partial charge on any atom is -0.143 e. The molecule has 1 aliphatic carbocycles. The molecule has 13 heavy (non-hydrogen) atoms. The molecule has 0 bridgehead atoms. The Balaban J connectivity index is 2.65. The Labute approximate surface area is 85.5 Å². The summed E-state index contributed by atoms with van der Waals surface area (Å²) in [5.41, 5.74) is 3.73. The average molecular weight is 190 g/mol. The third-order valence-corrected chi connectivity index (χ3v) is 1.96. The number of rotatable bonds is 3. The van der Waals surface area contributed by atoms with Gasteiger partial charge in [-0.1, -0.05) is 30.9 Å². The second kappa shape index (κ2) is 4.33. The largest absolute Gasteiger partial charge is 0.143 e. The van der Waals surface area contributed by atoms with E-state index in [1.54, 1.807) is 0 Å². The Morgan fingerprint density at radius 3 is 2.69 bits per heavy atom. The van der Waals surface area contributed by atoms with E-state index >= 15 is 0 Å². The van der Waals surface area contributed by atoms with Gasteiger partial charge in [0.1, 0.15) is 0 Å². The van der Waals surface area contributed by atoms with Crippen LogP contribution in [0.5, 0.6) is 0 Å². The predicted molar refractivity (Wildman–Crippen MR) is 62.9 cm³/mol. The van der Waals surface area contributed by atoms with Crippen molar-refractivity contribution in [3.05, 3.63) is 59.1 Å². The fraction of sp³-hybridized carbons (Fsp3) is 0.167. The van der Waals surface area contributed by atoms with Crippen molar-refractivity contribution in [1.29, 1.82) is 0 Å². The summed E-state index contributed by atoms with van der Waals surface area (Å²) in [4.78, 5) is 0.968. The van der Waals surface area contributed by atoms with E-state index < -0.39 is 0 Å². The lowest BCUT2D eigenvalue weighted by Gasteiger charge is -1.89. The van der Waals surface area contributed by atoms with Gasteiger partial charge in [0.2, 0.25) is 0 Å². The van der Waals surface area contributed by atoms with Crippen molar-refractivity contribution < 1.29 is 0 Å². The maximum Gasteiger partial charge on any atom is 0.00453 e. The molecule has 0 N–H and O–H groups in total. The fourth-order valence-corrected chi connectivity index (χ4v) is 1.46. The van der Waals surface area contributed by atoms with Gasteiger partial charge in [-0.2, -0.15) is 0 Å². The fourth-order valence-electron chi connectivity index (χ4n) is 1.09. The number of thiol groups is 1. The molecule has 68 valence electrons. The molecule has 1 aliphatic rings. The van der Waals surface area contributed by atoms with Crippen molar-refractivity contribution in [1.82, 2.24) is 0 Å². The highest BCUT2D eigenvalue weighted by Gasteiger charge is 2.19. The Kier molecular flexibility index (Phi) is 3.38. The van der Waals surface area contributed by atoms with Crippen LogP contribution in [-0.4, -0.2) is 0 Å². The van der Waals surface area contributed by atoms with Crippen LogP contribution in [0.2, 0.25) is 0 Å². The van der Waals surface area contributed by atoms with E-state index in [0.717, 1.165) is 16.9 Å². The summed E-state index contributed by atoms with van der Waals surface area (Å²) in [5, 5.41) is 0. The third-order valence-electron chi connectivity index (χ3n) is 1.70. The van der Waals surface area contributed by atoms with Crippen LogP contribution < -0.4 is 0 Å². The minimum atomic E-state index is 0.968. The lowest BCUT2D eigenvalue weighted by Crippen LogP contribution is -1.66. The normalized spacial score (nSPS) is 22.2. The first kappa shape index (κ1) is 10.1.